The van der Waals surface area contributed by atoms with Gasteiger partial charge in [-0.15, -0.1) is 11.8 Å². The molecular weight excluding hydrogens is 285 g/mol. The largest absolute Gasteiger partial charge is 0.326 e. The minimum absolute atomic E-state index is 0.00920. The molecule has 1 fully saturated rings. The van der Waals surface area contributed by atoms with E-state index in [0.717, 1.165) is 17.0 Å². The normalized spacial score (nSPS) is 20.1. The fourth-order valence-corrected chi connectivity index (χ4v) is 3.00. The first kappa shape index (κ1) is 14.1. The summed E-state index contributed by atoms with van der Waals surface area (Å²) in [6, 6.07) is 14.4. The van der Waals surface area contributed by atoms with E-state index in [-0.39, 0.29) is 23.6 Å². The van der Waals surface area contributed by atoms with E-state index in [2.05, 4.69) is 5.32 Å². The number of halogens is 1. The van der Waals surface area contributed by atoms with Gasteiger partial charge in [0.25, 0.3) is 0 Å². The second-order valence-electron chi connectivity index (χ2n) is 5.19. The first-order valence-electron chi connectivity index (χ1n) is 6.88. The summed E-state index contributed by atoms with van der Waals surface area (Å²) in [5.41, 5.74) is 1.45. The van der Waals surface area contributed by atoms with E-state index >= 15 is 0 Å². The van der Waals surface area contributed by atoms with Crippen molar-refractivity contribution in [1.29, 1.82) is 0 Å². The van der Waals surface area contributed by atoms with Crippen LogP contribution in [0.15, 0.2) is 53.4 Å². The summed E-state index contributed by atoms with van der Waals surface area (Å²) < 4.78 is 13.7. The highest BCUT2D eigenvalue weighted by molar-refractivity contribution is 7.98. The lowest BCUT2D eigenvalue weighted by Crippen LogP contribution is -2.14. The van der Waals surface area contributed by atoms with Gasteiger partial charge in [0.15, 0.2) is 0 Å². The molecule has 0 bridgehead atoms. The van der Waals surface area contributed by atoms with Crippen molar-refractivity contribution in [2.75, 3.05) is 11.6 Å². The van der Waals surface area contributed by atoms with Gasteiger partial charge in [-0.05, 0) is 48.4 Å². The fourth-order valence-electron chi connectivity index (χ4n) is 2.54. The molecule has 2 aromatic rings. The number of anilines is 1. The van der Waals surface area contributed by atoms with Gasteiger partial charge in [0.1, 0.15) is 5.82 Å². The molecule has 0 saturated heterocycles. The van der Waals surface area contributed by atoms with E-state index in [1.54, 1.807) is 23.9 Å². The predicted molar refractivity (Wildman–Crippen MR) is 84.1 cm³/mol. The molecule has 2 atom stereocenters. The molecule has 0 heterocycles. The van der Waals surface area contributed by atoms with E-state index in [9.17, 15) is 9.18 Å². The van der Waals surface area contributed by atoms with Crippen LogP contribution in [0.4, 0.5) is 10.1 Å². The maximum atomic E-state index is 13.7. The van der Waals surface area contributed by atoms with Crippen LogP contribution in [-0.2, 0) is 4.79 Å². The van der Waals surface area contributed by atoms with E-state index in [4.69, 9.17) is 0 Å². The summed E-state index contributed by atoms with van der Waals surface area (Å²) in [5, 5.41) is 2.92. The molecule has 1 aliphatic carbocycles. The number of carbonyl (C=O) groups excluding carboxylic acids is 1. The van der Waals surface area contributed by atoms with Crippen LogP contribution in [0.5, 0.6) is 0 Å². The second-order valence-corrected chi connectivity index (χ2v) is 6.07. The quantitative estimate of drug-likeness (QED) is 0.854. The van der Waals surface area contributed by atoms with Crippen molar-refractivity contribution in [1.82, 2.24) is 0 Å². The van der Waals surface area contributed by atoms with E-state index in [1.165, 1.54) is 6.07 Å². The van der Waals surface area contributed by atoms with Crippen LogP contribution >= 0.6 is 11.8 Å². The van der Waals surface area contributed by atoms with Crippen LogP contribution in [0.2, 0.25) is 0 Å². The highest BCUT2D eigenvalue weighted by Crippen LogP contribution is 2.48. The third-order valence-corrected chi connectivity index (χ3v) is 4.49. The van der Waals surface area contributed by atoms with Crippen LogP contribution in [-0.4, -0.2) is 12.2 Å². The molecular formula is C17H16FNOS. The fraction of sp³-hybridized carbons (Fsp3) is 0.235. The zero-order valence-corrected chi connectivity index (χ0v) is 12.5. The average Bonchev–Trinajstić information content (AvgIpc) is 3.28. The molecule has 0 aliphatic heterocycles. The van der Waals surface area contributed by atoms with Crippen LogP contribution < -0.4 is 5.32 Å². The smallest absolute Gasteiger partial charge is 0.228 e. The summed E-state index contributed by atoms with van der Waals surface area (Å²) in [6.07, 6.45) is 2.71. The van der Waals surface area contributed by atoms with Gasteiger partial charge in [0.2, 0.25) is 5.91 Å². The van der Waals surface area contributed by atoms with Crippen LogP contribution in [0.3, 0.4) is 0 Å². The van der Waals surface area contributed by atoms with Gasteiger partial charge in [0, 0.05) is 16.5 Å². The molecule has 0 radical (unpaired) electrons. The molecule has 108 valence electrons. The van der Waals surface area contributed by atoms with Crippen molar-refractivity contribution in [3.63, 3.8) is 0 Å². The molecule has 0 aromatic heterocycles. The maximum absolute atomic E-state index is 13.7. The summed E-state index contributed by atoms with van der Waals surface area (Å²) >= 11 is 1.63. The molecule has 1 amide bonds. The van der Waals surface area contributed by atoms with Crippen molar-refractivity contribution in [2.24, 2.45) is 5.92 Å². The Morgan fingerprint density at radius 2 is 2.05 bits per heavy atom. The van der Waals surface area contributed by atoms with Gasteiger partial charge in [-0.2, -0.15) is 0 Å². The number of hydrogen-bond acceptors (Lipinski definition) is 2. The molecule has 4 heteroatoms. The molecule has 3 rings (SSSR count). The monoisotopic (exact) mass is 301 g/mol. The van der Waals surface area contributed by atoms with E-state index in [1.807, 2.05) is 36.6 Å². The van der Waals surface area contributed by atoms with Gasteiger partial charge in [-0.3, -0.25) is 4.79 Å². The Morgan fingerprint density at radius 1 is 1.24 bits per heavy atom. The lowest BCUT2D eigenvalue weighted by atomic mass is 10.1. The van der Waals surface area contributed by atoms with Crippen molar-refractivity contribution < 1.29 is 9.18 Å². The van der Waals surface area contributed by atoms with E-state index in [0.29, 0.717) is 5.56 Å². The topological polar surface area (TPSA) is 29.1 Å². The van der Waals surface area contributed by atoms with Crippen LogP contribution in [0.1, 0.15) is 17.9 Å². The standard InChI is InChI=1S/C17H16FNOS/c1-21-12-6-4-5-11(9-12)19-17(20)15-10-14(15)13-7-2-3-8-16(13)18/h2-9,14-15H,10H2,1H3,(H,19,20). The van der Waals surface area contributed by atoms with Gasteiger partial charge in [-0.1, -0.05) is 24.3 Å². The first-order valence-corrected chi connectivity index (χ1v) is 8.11. The summed E-state index contributed by atoms with van der Waals surface area (Å²) in [7, 11) is 0. The number of nitrogens with one attached hydrogen (secondary N) is 1. The van der Waals surface area contributed by atoms with Gasteiger partial charge >= 0.3 is 0 Å². The van der Waals surface area contributed by atoms with Crippen LogP contribution in [0.25, 0.3) is 0 Å². The van der Waals surface area contributed by atoms with Crippen LogP contribution in [0, 0.1) is 11.7 Å². The van der Waals surface area contributed by atoms with Crippen molar-refractivity contribution in [3.05, 3.63) is 59.9 Å². The highest BCUT2D eigenvalue weighted by atomic mass is 32.2. The molecule has 1 saturated carbocycles. The summed E-state index contributed by atoms with van der Waals surface area (Å²) in [5.74, 6) is -0.363. The lowest BCUT2D eigenvalue weighted by molar-refractivity contribution is -0.117. The minimum atomic E-state index is -0.220. The minimum Gasteiger partial charge on any atom is -0.326 e. The van der Waals surface area contributed by atoms with Crippen molar-refractivity contribution in [2.45, 2.75) is 17.2 Å². The second kappa shape index (κ2) is 5.90. The molecule has 21 heavy (non-hydrogen) atoms. The van der Waals surface area contributed by atoms with Crippen molar-refractivity contribution in [3.8, 4) is 0 Å². The molecule has 2 aromatic carbocycles. The Balaban J connectivity index is 1.67. The average molecular weight is 301 g/mol. The summed E-state index contributed by atoms with van der Waals surface area (Å²) in [6.45, 7) is 0. The SMILES string of the molecule is CSc1cccc(NC(=O)C2CC2c2ccccc2F)c1. The number of thioether (sulfide) groups is 1. The molecule has 2 unspecified atom stereocenters. The molecule has 0 spiro atoms. The zero-order valence-electron chi connectivity index (χ0n) is 11.7. The molecule has 1 N–H and O–H groups in total. The van der Waals surface area contributed by atoms with Gasteiger partial charge < -0.3 is 5.32 Å². The highest BCUT2D eigenvalue weighted by Gasteiger charge is 2.45. The summed E-state index contributed by atoms with van der Waals surface area (Å²) in [4.78, 5) is 13.3. The predicted octanol–water partition coefficient (Wildman–Crippen LogP) is 4.29. The Labute approximate surface area is 127 Å². The van der Waals surface area contributed by atoms with Gasteiger partial charge in [0.05, 0.1) is 0 Å². The van der Waals surface area contributed by atoms with Crippen molar-refractivity contribution >= 4 is 23.4 Å². The number of benzene rings is 2. The van der Waals surface area contributed by atoms with E-state index < -0.39 is 0 Å². The molecule has 1 aliphatic rings. The third-order valence-electron chi connectivity index (χ3n) is 3.77. The Morgan fingerprint density at radius 3 is 2.81 bits per heavy atom. The number of amides is 1. The number of hydrogen-bond donors (Lipinski definition) is 1. The number of rotatable bonds is 4. The maximum Gasteiger partial charge on any atom is 0.228 e. The molecule has 2 nitrogen and oxygen atoms in total. The number of carbonyl (C=O) groups is 1. The first-order chi connectivity index (χ1) is 10.2. The third kappa shape index (κ3) is 3.10. The lowest BCUT2D eigenvalue weighted by Gasteiger charge is -2.06. The Hall–Kier alpha value is -1.81. The Kier molecular flexibility index (Phi) is 3.97. The zero-order chi connectivity index (χ0) is 14.8. The van der Waals surface area contributed by atoms with Gasteiger partial charge in [-0.25, -0.2) is 4.39 Å². The Bertz CT molecular complexity index is 673.